The summed E-state index contributed by atoms with van der Waals surface area (Å²) in [7, 11) is 0. The summed E-state index contributed by atoms with van der Waals surface area (Å²) in [5.41, 5.74) is 11.8. The number of hydrogen-bond donors (Lipinski definition) is 0. The van der Waals surface area contributed by atoms with E-state index in [0.717, 1.165) is 17.1 Å². The number of anilines is 3. The molecule has 0 radical (unpaired) electrons. The first kappa shape index (κ1) is 27.2. The fourth-order valence-corrected chi connectivity index (χ4v) is 6.77. The Morgan fingerprint density at radius 3 is 1.56 bits per heavy atom. The zero-order valence-electron chi connectivity index (χ0n) is 25.6. The summed E-state index contributed by atoms with van der Waals surface area (Å²) in [6.45, 7) is 9.62. The minimum atomic E-state index is 0.196. The summed E-state index contributed by atoms with van der Waals surface area (Å²) in [4.78, 5) is 2.35. The minimum absolute atomic E-state index is 0.196. The molecule has 6 aromatic carbocycles. The first-order chi connectivity index (χ1) is 20.8. The molecule has 0 fully saturated rings. The van der Waals surface area contributed by atoms with Crippen molar-refractivity contribution in [3.63, 3.8) is 0 Å². The van der Waals surface area contributed by atoms with Gasteiger partial charge in [0.05, 0.1) is 0 Å². The van der Waals surface area contributed by atoms with Crippen molar-refractivity contribution in [3.8, 4) is 22.3 Å². The Morgan fingerprint density at radius 1 is 0.395 bits per heavy atom. The predicted octanol–water partition coefficient (Wildman–Crippen LogP) is 12.0. The maximum Gasteiger partial charge on any atom is 0.0467 e. The van der Waals surface area contributed by atoms with Gasteiger partial charge in [0.2, 0.25) is 0 Å². The van der Waals surface area contributed by atoms with E-state index in [1.165, 1.54) is 57.0 Å². The van der Waals surface area contributed by atoms with E-state index >= 15 is 0 Å². The van der Waals surface area contributed by atoms with Gasteiger partial charge in [0, 0.05) is 17.1 Å². The predicted molar refractivity (Wildman–Crippen MR) is 185 cm³/mol. The molecule has 0 saturated heterocycles. The minimum Gasteiger partial charge on any atom is -0.310 e. The zero-order chi connectivity index (χ0) is 29.6. The van der Waals surface area contributed by atoms with Gasteiger partial charge in [-0.3, -0.25) is 0 Å². The number of nitrogens with zero attached hydrogens (tertiary/aromatic N) is 1. The van der Waals surface area contributed by atoms with Crippen LogP contribution in [0.3, 0.4) is 0 Å². The molecule has 0 amide bonds. The number of benzene rings is 6. The van der Waals surface area contributed by atoms with Crippen LogP contribution < -0.4 is 4.90 Å². The van der Waals surface area contributed by atoms with E-state index in [9.17, 15) is 0 Å². The fourth-order valence-electron chi connectivity index (χ4n) is 6.77. The van der Waals surface area contributed by atoms with Gasteiger partial charge in [-0.05, 0) is 110 Å². The first-order valence-electron chi connectivity index (χ1n) is 15.5. The van der Waals surface area contributed by atoms with E-state index < -0.39 is 0 Å². The van der Waals surface area contributed by atoms with Gasteiger partial charge >= 0.3 is 0 Å². The molecule has 0 atom stereocenters. The van der Waals surface area contributed by atoms with Crippen LogP contribution in [0.25, 0.3) is 33.0 Å². The molecule has 1 aliphatic carbocycles. The molecular formula is C42H39N. The lowest BCUT2D eigenvalue weighted by Crippen LogP contribution is -2.33. The van der Waals surface area contributed by atoms with Crippen LogP contribution >= 0.6 is 0 Å². The van der Waals surface area contributed by atoms with Gasteiger partial charge in [-0.15, -0.1) is 0 Å². The standard InChI is InChI=1S/C42H39N/c1-41(2)24-25-42(3,4)40-29-35-26-33(18-19-34(35)28-39(40)41)32-14-11-17-38(27-32)43(36-15-9-6-10-16-36)37-22-20-31(21-23-37)30-12-7-5-8-13-30/h5-23,26-29H,24-25H2,1-4H3. The van der Waals surface area contributed by atoms with Crippen molar-refractivity contribution >= 4 is 27.8 Å². The number of rotatable bonds is 5. The van der Waals surface area contributed by atoms with E-state index in [1.54, 1.807) is 0 Å². The molecule has 0 saturated carbocycles. The van der Waals surface area contributed by atoms with Crippen molar-refractivity contribution in [2.75, 3.05) is 4.90 Å². The Labute approximate surface area is 256 Å². The van der Waals surface area contributed by atoms with Gasteiger partial charge in [-0.2, -0.15) is 0 Å². The van der Waals surface area contributed by atoms with Gasteiger partial charge in [0.15, 0.2) is 0 Å². The summed E-state index contributed by atoms with van der Waals surface area (Å²) < 4.78 is 0. The Hall–Kier alpha value is -4.62. The first-order valence-corrected chi connectivity index (χ1v) is 15.5. The van der Waals surface area contributed by atoms with Crippen LogP contribution in [-0.2, 0) is 10.8 Å². The van der Waals surface area contributed by atoms with Gasteiger partial charge in [-0.1, -0.05) is 125 Å². The van der Waals surface area contributed by atoms with Crippen molar-refractivity contribution in [1.82, 2.24) is 0 Å². The molecule has 0 bridgehead atoms. The van der Waals surface area contributed by atoms with Crippen LogP contribution in [0, 0.1) is 0 Å². The molecule has 7 rings (SSSR count). The Morgan fingerprint density at radius 2 is 0.884 bits per heavy atom. The zero-order valence-corrected chi connectivity index (χ0v) is 25.6. The normalized spacial score (nSPS) is 15.2. The van der Waals surface area contributed by atoms with Crippen molar-refractivity contribution in [2.45, 2.75) is 51.4 Å². The summed E-state index contributed by atoms with van der Waals surface area (Å²) in [5, 5.41) is 2.65. The molecule has 1 heteroatoms. The molecule has 43 heavy (non-hydrogen) atoms. The highest BCUT2D eigenvalue weighted by molar-refractivity contribution is 5.90. The van der Waals surface area contributed by atoms with Crippen LogP contribution in [0.1, 0.15) is 51.7 Å². The maximum atomic E-state index is 2.48. The lowest BCUT2D eigenvalue weighted by Gasteiger charge is -2.42. The van der Waals surface area contributed by atoms with Crippen molar-refractivity contribution < 1.29 is 0 Å². The highest BCUT2D eigenvalue weighted by atomic mass is 15.1. The van der Waals surface area contributed by atoms with Gasteiger partial charge in [-0.25, -0.2) is 0 Å². The maximum absolute atomic E-state index is 2.48. The number of fused-ring (bicyclic) bond motifs is 2. The molecule has 212 valence electrons. The second kappa shape index (κ2) is 10.6. The summed E-state index contributed by atoms with van der Waals surface area (Å²) in [5.74, 6) is 0. The van der Waals surface area contributed by atoms with Crippen molar-refractivity contribution in [2.24, 2.45) is 0 Å². The summed E-state index contributed by atoms with van der Waals surface area (Å²) >= 11 is 0. The highest BCUT2D eigenvalue weighted by Gasteiger charge is 2.37. The average molecular weight is 558 g/mol. The third-order valence-electron chi connectivity index (χ3n) is 9.49. The smallest absolute Gasteiger partial charge is 0.0467 e. The molecular weight excluding hydrogens is 518 g/mol. The van der Waals surface area contributed by atoms with Crippen LogP contribution in [-0.4, -0.2) is 0 Å². The van der Waals surface area contributed by atoms with Gasteiger partial charge in [0.25, 0.3) is 0 Å². The lowest BCUT2D eigenvalue weighted by molar-refractivity contribution is 0.332. The van der Waals surface area contributed by atoms with Gasteiger partial charge < -0.3 is 4.90 Å². The van der Waals surface area contributed by atoms with E-state index in [0.29, 0.717) is 0 Å². The number of hydrogen-bond acceptors (Lipinski definition) is 1. The van der Waals surface area contributed by atoms with Gasteiger partial charge in [0.1, 0.15) is 0 Å². The van der Waals surface area contributed by atoms with Crippen LogP contribution in [0.15, 0.2) is 140 Å². The second-order valence-electron chi connectivity index (χ2n) is 13.4. The van der Waals surface area contributed by atoms with Crippen molar-refractivity contribution in [1.29, 1.82) is 0 Å². The third kappa shape index (κ3) is 5.14. The molecule has 0 aliphatic heterocycles. The van der Waals surface area contributed by atoms with Crippen molar-refractivity contribution in [3.05, 3.63) is 151 Å². The third-order valence-corrected chi connectivity index (χ3v) is 9.49. The van der Waals surface area contributed by atoms with E-state index in [4.69, 9.17) is 0 Å². The van der Waals surface area contributed by atoms with E-state index in [2.05, 4.69) is 172 Å². The van der Waals surface area contributed by atoms with Crippen LogP contribution in [0.2, 0.25) is 0 Å². The molecule has 0 unspecified atom stereocenters. The van der Waals surface area contributed by atoms with Crippen LogP contribution in [0.4, 0.5) is 17.1 Å². The topological polar surface area (TPSA) is 3.24 Å². The second-order valence-corrected chi connectivity index (χ2v) is 13.4. The quantitative estimate of drug-likeness (QED) is 0.204. The summed E-state index contributed by atoms with van der Waals surface area (Å²) in [6.07, 6.45) is 2.46. The molecule has 0 N–H and O–H groups in total. The Balaban J connectivity index is 1.29. The van der Waals surface area contributed by atoms with Crippen LogP contribution in [0.5, 0.6) is 0 Å². The molecule has 1 aliphatic rings. The Kier molecular flexibility index (Phi) is 6.70. The molecule has 1 nitrogen and oxygen atoms in total. The monoisotopic (exact) mass is 557 g/mol. The SMILES string of the molecule is CC1(C)CCC(C)(C)c2cc3cc(-c4cccc(N(c5ccccc5)c5ccc(-c6ccccc6)cc5)c4)ccc3cc21. The summed E-state index contributed by atoms with van der Waals surface area (Å²) in [6, 6.07) is 51.0. The molecule has 0 spiro atoms. The molecule has 0 aromatic heterocycles. The van der Waals surface area contributed by atoms with E-state index in [1.807, 2.05) is 0 Å². The lowest BCUT2D eigenvalue weighted by atomic mass is 9.63. The highest BCUT2D eigenvalue weighted by Crippen LogP contribution is 2.47. The largest absolute Gasteiger partial charge is 0.310 e. The van der Waals surface area contributed by atoms with E-state index in [-0.39, 0.29) is 10.8 Å². The molecule has 0 heterocycles. The fraction of sp³-hybridized carbons (Fsp3) is 0.190. The number of para-hydroxylation sites is 1. The average Bonchev–Trinajstić information content (AvgIpc) is 3.04. The molecule has 6 aromatic rings. The Bertz CT molecular complexity index is 1900.